The minimum atomic E-state index is 0.736. The summed E-state index contributed by atoms with van der Waals surface area (Å²) in [4.78, 5) is 4.12. The molecular weight excluding hydrogens is 90.1 g/mol. The molecule has 1 aliphatic heterocycles. The molecule has 0 amide bonds. The van der Waals surface area contributed by atoms with Gasteiger partial charge in [0, 0.05) is 5.71 Å². The van der Waals surface area contributed by atoms with Gasteiger partial charge in [0.1, 0.15) is 0 Å². The highest BCUT2D eigenvalue weighted by Crippen LogP contribution is 1.88. The van der Waals surface area contributed by atoms with Crippen molar-refractivity contribution in [3.05, 3.63) is 0 Å². The second-order valence-electron chi connectivity index (χ2n) is 1.67. The number of ether oxygens (including phenoxy) is 1. The highest BCUT2D eigenvalue weighted by atomic mass is 16.5. The molecule has 0 bridgehead atoms. The SMILES string of the molecule is CC1=NCCOC1. The zero-order valence-electron chi connectivity index (χ0n) is 4.48. The molecule has 0 N–H and O–H groups in total. The summed E-state index contributed by atoms with van der Waals surface area (Å²) in [5, 5.41) is 0. The average molecular weight is 99.1 g/mol. The number of nitrogens with zero attached hydrogens (tertiary/aromatic N) is 1. The fourth-order valence-electron chi connectivity index (χ4n) is 0.567. The first-order valence-corrected chi connectivity index (χ1v) is 2.47. The quantitative estimate of drug-likeness (QED) is 0.433. The highest BCUT2D eigenvalue weighted by molar-refractivity contribution is 5.83. The molecule has 7 heavy (non-hydrogen) atoms. The summed E-state index contributed by atoms with van der Waals surface area (Å²) in [7, 11) is 0. The molecule has 0 aromatic heterocycles. The number of aliphatic imine (C=N–C) groups is 1. The van der Waals surface area contributed by atoms with Gasteiger partial charge in [-0.15, -0.1) is 0 Å². The van der Waals surface area contributed by atoms with Crippen molar-refractivity contribution in [3.8, 4) is 0 Å². The largest absolute Gasteiger partial charge is 0.374 e. The van der Waals surface area contributed by atoms with Gasteiger partial charge in [-0.25, -0.2) is 0 Å². The molecular formula is C5H9NO. The van der Waals surface area contributed by atoms with Gasteiger partial charge >= 0.3 is 0 Å². The van der Waals surface area contributed by atoms with Gasteiger partial charge in [-0.1, -0.05) is 0 Å². The van der Waals surface area contributed by atoms with Crippen LogP contribution in [0.3, 0.4) is 0 Å². The van der Waals surface area contributed by atoms with E-state index in [0.717, 1.165) is 25.5 Å². The summed E-state index contributed by atoms with van der Waals surface area (Å²) < 4.78 is 5.05. The van der Waals surface area contributed by atoms with Gasteiger partial charge in [0.2, 0.25) is 0 Å². The van der Waals surface area contributed by atoms with Crippen LogP contribution in [-0.4, -0.2) is 25.5 Å². The monoisotopic (exact) mass is 99.1 g/mol. The van der Waals surface area contributed by atoms with E-state index in [4.69, 9.17) is 4.74 Å². The van der Waals surface area contributed by atoms with Gasteiger partial charge in [0.25, 0.3) is 0 Å². The van der Waals surface area contributed by atoms with Crippen molar-refractivity contribution < 1.29 is 4.74 Å². The van der Waals surface area contributed by atoms with Gasteiger partial charge in [-0.3, -0.25) is 4.99 Å². The number of hydrogen-bond acceptors (Lipinski definition) is 2. The van der Waals surface area contributed by atoms with E-state index in [-0.39, 0.29) is 0 Å². The van der Waals surface area contributed by atoms with Crippen LogP contribution >= 0.6 is 0 Å². The second kappa shape index (κ2) is 2.07. The molecule has 0 saturated carbocycles. The smallest absolute Gasteiger partial charge is 0.0842 e. The van der Waals surface area contributed by atoms with Crippen molar-refractivity contribution >= 4 is 5.71 Å². The van der Waals surface area contributed by atoms with Crippen LogP contribution in [0.2, 0.25) is 0 Å². The van der Waals surface area contributed by atoms with Gasteiger partial charge < -0.3 is 4.74 Å². The van der Waals surface area contributed by atoms with Crippen LogP contribution in [0.1, 0.15) is 6.92 Å². The Morgan fingerprint density at radius 1 is 1.71 bits per heavy atom. The molecule has 1 heterocycles. The van der Waals surface area contributed by atoms with Crippen LogP contribution in [0.5, 0.6) is 0 Å². The molecule has 0 radical (unpaired) electrons. The summed E-state index contributed by atoms with van der Waals surface area (Å²) in [6.45, 7) is 4.38. The van der Waals surface area contributed by atoms with E-state index in [1.165, 1.54) is 0 Å². The third-order valence-corrected chi connectivity index (χ3v) is 0.928. The zero-order valence-corrected chi connectivity index (χ0v) is 4.48. The maximum absolute atomic E-state index is 5.05. The van der Waals surface area contributed by atoms with Crippen molar-refractivity contribution in [1.82, 2.24) is 0 Å². The Labute approximate surface area is 43.2 Å². The van der Waals surface area contributed by atoms with Crippen LogP contribution < -0.4 is 0 Å². The number of hydrogen-bond donors (Lipinski definition) is 0. The Hall–Kier alpha value is -0.370. The molecule has 0 aromatic rings. The van der Waals surface area contributed by atoms with Crippen molar-refractivity contribution in [3.63, 3.8) is 0 Å². The van der Waals surface area contributed by atoms with E-state index in [1.54, 1.807) is 0 Å². The standard InChI is InChI=1S/C5H9NO/c1-5-4-7-3-2-6-5/h2-4H2,1H3. The van der Waals surface area contributed by atoms with Crippen LogP contribution in [-0.2, 0) is 4.74 Å². The lowest BCUT2D eigenvalue weighted by atomic mass is 10.4. The third kappa shape index (κ3) is 1.27. The first kappa shape index (κ1) is 4.78. The molecule has 0 aliphatic carbocycles. The predicted molar refractivity (Wildman–Crippen MR) is 28.8 cm³/mol. The minimum Gasteiger partial charge on any atom is -0.374 e. The Morgan fingerprint density at radius 2 is 2.57 bits per heavy atom. The summed E-state index contributed by atoms with van der Waals surface area (Å²) in [6.07, 6.45) is 0. The molecule has 2 nitrogen and oxygen atoms in total. The maximum atomic E-state index is 5.05. The topological polar surface area (TPSA) is 21.6 Å². The molecule has 2 heteroatoms. The van der Waals surface area contributed by atoms with Crippen molar-refractivity contribution in [2.45, 2.75) is 6.92 Å². The number of rotatable bonds is 0. The molecule has 0 aromatic carbocycles. The third-order valence-electron chi connectivity index (χ3n) is 0.928. The molecule has 1 aliphatic rings. The Bertz CT molecular complexity index is 88.1. The molecule has 0 spiro atoms. The van der Waals surface area contributed by atoms with Crippen LogP contribution in [0.15, 0.2) is 4.99 Å². The second-order valence-corrected chi connectivity index (χ2v) is 1.67. The molecule has 40 valence electrons. The van der Waals surface area contributed by atoms with E-state index < -0.39 is 0 Å². The first-order chi connectivity index (χ1) is 3.39. The molecule has 0 fully saturated rings. The Kier molecular flexibility index (Phi) is 1.42. The minimum absolute atomic E-state index is 0.736. The molecule has 0 unspecified atom stereocenters. The van der Waals surface area contributed by atoms with E-state index in [1.807, 2.05) is 6.92 Å². The maximum Gasteiger partial charge on any atom is 0.0842 e. The normalized spacial score (nSPS) is 21.6. The lowest BCUT2D eigenvalue weighted by Gasteiger charge is -2.07. The van der Waals surface area contributed by atoms with E-state index in [2.05, 4.69) is 4.99 Å². The first-order valence-electron chi connectivity index (χ1n) is 2.47. The van der Waals surface area contributed by atoms with Crippen LogP contribution in [0.4, 0.5) is 0 Å². The van der Waals surface area contributed by atoms with Crippen molar-refractivity contribution in [2.75, 3.05) is 19.8 Å². The summed E-state index contributed by atoms with van der Waals surface area (Å²) in [6, 6.07) is 0. The van der Waals surface area contributed by atoms with Gasteiger partial charge in [0.05, 0.1) is 19.8 Å². The van der Waals surface area contributed by atoms with Crippen molar-refractivity contribution in [1.29, 1.82) is 0 Å². The predicted octanol–water partition coefficient (Wildman–Crippen LogP) is 0.478. The van der Waals surface area contributed by atoms with E-state index in [9.17, 15) is 0 Å². The van der Waals surface area contributed by atoms with E-state index >= 15 is 0 Å². The Morgan fingerprint density at radius 3 is 2.86 bits per heavy atom. The summed E-state index contributed by atoms with van der Waals surface area (Å²) >= 11 is 0. The lowest BCUT2D eigenvalue weighted by molar-refractivity contribution is 0.170. The van der Waals surface area contributed by atoms with E-state index in [0.29, 0.717) is 0 Å². The highest BCUT2D eigenvalue weighted by Gasteiger charge is 1.96. The van der Waals surface area contributed by atoms with Crippen molar-refractivity contribution in [2.24, 2.45) is 4.99 Å². The zero-order chi connectivity index (χ0) is 5.11. The molecule has 1 rings (SSSR count). The summed E-state index contributed by atoms with van der Waals surface area (Å²) in [5.41, 5.74) is 1.12. The molecule has 0 saturated heterocycles. The van der Waals surface area contributed by atoms with Gasteiger partial charge in [-0.2, -0.15) is 0 Å². The Balaban J connectivity index is 2.40. The fraction of sp³-hybridized carbons (Fsp3) is 0.800. The van der Waals surface area contributed by atoms with Crippen LogP contribution in [0, 0.1) is 0 Å². The average Bonchev–Trinajstić information content (AvgIpc) is 1.69. The van der Waals surface area contributed by atoms with Crippen LogP contribution in [0.25, 0.3) is 0 Å². The van der Waals surface area contributed by atoms with Gasteiger partial charge in [0.15, 0.2) is 0 Å². The molecule has 0 atom stereocenters. The lowest BCUT2D eigenvalue weighted by Crippen LogP contribution is -2.14. The summed E-state index contributed by atoms with van der Waals surface area (Å²) in [5.74, 6) is 0. The van der Waals surface area contributed by atoms with Gasteiger partial charge in [-0.05, 0) is 6.92 Å². The fourth-order valence-corrected chi connectivity index (χ4v) is 0.567.